The molecule has 2 aliphatic rings. The normalized spacial score (nSPS) is 20.9. The molecule has 0 spiro atoms. The van der Waals surface area contributed by atoms with Crippen LogP contribution in [0, 0.1) is 5.92 Å². The number of methoxy groups -OCH3 is 1. The van der Waals surface area contributed by atoms with Gasteiger partial charge in [0.25, 0.3) is 5.91 Å². The molecule has 2 saturated heterocycles. The molecule has 0 bridgehead atoms. The number of carbonyl (C=O) groups excluding carboxylic acids is 2. The number of halogens is 2. The summed E-state index contributed by atoms with van der Waals surface area (Å²) >= 11 is 12.2. The molecule has 2 aliphatic heterocycles. The maximum atomic E-state index is 13.8. The maximum absolute atomic E-state index is 13.8. The highest BCUT2D eigenvalue weighted by atomic mass is 35.5. The van der Waals surface area contributed by atoms with E-state index in [2.05, 4.69) is 6.92 Å². The highest BCUT2D eigenvalue weighted by Gasteiger charge is 2.60. The molecular weight excluding hydrogens is 515 g/mol. The van der Waals surface area contributed by atoms with Crippen LogP contribution in [-0.4, -0.2) is 31.6 Å². The molecule has 0 radical (unpaired) electrons. The third-order valence-corrected chi connectivity index (χ3v) is 7.31. The van der Waals surface area contributed by atoms with Crippen LogP contribution in [0.25, 0.3) is 0 Å². The molecule has 2 heterocycles. The monoisotopic (exact) mass is 540 g/mol. The minimum atomic E-state index is -1.00. The number of nitrogens with zero attached hydrogens (tertiary/aromatic N) is 2. The summed E-state index contributed by atoms with van der Waals surface area (Å²) in [4.78, 5) is 34.7. The Balaban J connectivity index is 1.55. The molecule has 0 unspecified atom stereocenters. The van der Waals surface area contributed by atoms with Crippen LogP contribution in [0.2, 0.25) is 10.0 Å². The number of hydroxylamine groups is 1. The van der Waals surface area contributed by atoms with Crippen LogP contribution in [0.1, 0.15) is 31.4 Å². The van der Waals surface area contributed by atoms with Crippen molar-refractivity contribution in [3.63, 3.8) is 0 Å². The third-order valence-electron chi connectivity index (χ3n) is 6.57. The lowest BCUT2D eigenvalue weighted by atomic mass is 9.90. The Morgan fingerprint density at radius 1 is 0.892 bits per heavy atom. The number of ether oxygens (including phenoxy) is 2. The average Bonchev–Trinajstić information content (AvgIpc) is 3.42. The first-order chi connectivity index (χ1) is 17.9. The maximum Gasteiger partial charge on any atom is 0.266 e. The molecule has 3 aromatic rings. The summed E-state index contributed by atoms with van der Waals surface area (Å²) in [6, 6.07) is 19.0. The summed E-state index contributed by atoms with van der Waals surface area (Å²) in [7, 11) is 1.57. The predicted molar refractivity (Wildman–Crippen MR) is 142 cm³/mol. The van der Waals surface area contributed by atoms with Crippen molar-refractivity contribution in [2.75, 3.05) is 23.7 Å². The third kappa shape index (κ3) is 4.63. The number of hydrogen-bond donors (Lipinski definition) is 0. The largest absolute Gasteiger partial charge is 0.493 e. The fourth-order valence-electron chi connectivity index (χ4n) is 4.74. The Morgan fingerprint density at radius 2 is 1.68 bits per heavy atom. The molecule has 0 aliphatic carbocycles. The van der Waals surface area contributed by atoms with Crippen LogP contribution in [0.5, 0.6) is 11.5 Å². The highest BCUT2D eigenvalue weighted by molar-refractivity contribution is 6.42. The molecule has 2 fully saturated rings. The second kappa shape index (κ2) is 10.6. The molecule has 9 heteroatoms. The lowest BCUT2D eigenvalue weighted by molar-refractivity contribution is -0.126. The van der Waals surface area contributed by atoms with E-state index in [1.807, 2.05) is 48.5 Å². The van der Waals surface area contributed by atoms with Crippen LogP contribution in [0.4, 0.5) is 11.4 Å². The van der Waals surface area contributed by atoms with E-state index in [0.29, 0.717) is 28.8 Å². The number of unbranched alkanes of at least 4 members (excludes halogenated alkanes) is 1. The van der Waals surface area contributed by atoms with E-state index in [-0.39, 0.29) is 10.9 Å². The molecule has 0 saturated carbocycles. The Hall–Kier alpha value is -3.26. The van der Waals surface area contributed by atoms with Crippen molar-refractivity contribution in [3.05, 3.63) is 82.3 Å². The Bertz CT molecular complexity index is 1320. The average molecular weight is 541 g/mol. The molecular formula is C28H26Cl2N2O5. The van der Waals surface area contributed by atoms with Gasteiger partial charge in [0.15, 0.2) is 17.6 Å². The highest BCUT2D eigenvalue weighted by Crippen LogP contribution is 2.49. The fraction of sp³-hybridized carbons (Fsp3) is 0.286. The molecule has 3 aromatic carbocycles. The van der Waals surface area contributed by atoms with Crippen molar-refractivity contribution in [1.29, 1.82) is 0 Å². The van der Waals surface area contributed by atoms with E-state index in [4.69, 9.17) is 37.5 Å². The van der Waals surface area contributed by atoms with Gasteiger partial charge in [0.1, 0.15) is 5.92 Å². The van der Waals surface area contributed by atoms with Crippen LogP contribution < -0.4 is 19.4 Å². The molecule has 192 valence electrons. The number of amides is 2. The van der Waals surface area contributed by atoms with Gasteiger partial charge in [-0.15, -0.1) is 0 Å². The second-order valence-corrected chi connectivity index (χ2v) is 9.69. The van der Waals surface area contributed by atoms with Gasteiger partial charge in [0, 0.05) is 0 Å². The Kier molecular flexibility index (Phi) is 7.29. The number of carbonyl (C=O) groups is 2. The number of anilines is 2. The number of para-hydroxylation sites is 1. The summed E-state index contributed by atoms with van der Waals surface area (Å²) < 4.78 is 11.5. The van der Waals surface area contributed by atoms with E-state index in [1.54, 1.807) is 24.3 Å². The van der Waals surface area contributed by atoms with Crippen LogP contribution in [-0.2, 0) is 14.4 Å². The van der Waals surface area contributed by atoms with E-state index < -0.39 is 24.0 Å². The molecule has 0 N–H and O–H groups in total. The zero-order valence-electron chi connectivity index (χ0n) is 20.4. The van der Waals surface area contributed by atoms with Gasteiger partial charge in [-0.25, -0.2) is 9.96 Å². The van der Waals surface area contributed by atoms with Gasteiger partial charge in [0.05, 0.1) is 41.2 Å². The van der Waals surface area contributed by atoms with Gasteiger partial charge in [-0.05, 0) is 54.4 Å². The SMILES string of the molecule is CCCCOc1ccc([C@@H]2[C@@H]3C(=O)N(c4ccc(Cl)c(Cl)c4)C(=O)[C@@H]3ON2c2ccccc2)cc1OC. The molecule has 2 amide bonds. The van der Waals surface area contributed by atoms with Crippen molar-refractivity contribution in [2.45, 2.75) is 31.9 Å². The second-order valence-electron chi connectivity index (χ2n) is 8.88. The zero-order chi connectivity index (χ0) is 26.1. The molecule has 0 aromatic heterocycles. The quantitative estimate of drug-likeness (QED) is 0.249. The van der Waals surface area contributed by atoms with Gasteiger partial charge in [-0.2, -0.15) is 0 Å². The first-order valence-electron chi connectivity index (χ1n) is 12.1. The zero-order valence-corrected chi connectivity index (χ0v) is 21.9. The Morgan fingerprint density at radius 3 is 2.38 bits per heavy atom. The van der Waals surface area contributed by atoms with Crippen molar-refractivity contribution < 1.29 is 23.9 Å². The molecule has 5 rings (SSSR count). The van der Waals surface area contributed by atoms with E-state index in [0.717, 1.165) is 29.0 Å². The van der Waals surface area contributed by atoms with Gasteiger partial charge >= 0.3 is 0 Å². The van der Waals surface area contributed by atoms with E-state index >= 15 is 0 Å². The summed E-state index contributed by atoms with van der Waals surface area (Å²) in [5.74, 6) is -0.461. The summed E-state index contributed by atoms with van der Waals surface area (Å²) in [6.07, 6.45) is 0.938. The van der Waals surface area contributed by atoms with Crippen LogP contribution >= 0.6 is 23.2 Å². The van der Waals surface area contributed by atoms with Crippen molar-refractivity contribution in [3.8, 4) is 11.5 Å². The van der Waals surface area contributed by atoms with Crippen molar-refractivity contribution >= 4 is 46.4 Å². The van der Waals surface area contributed by atoms with Crippen molar-refractivity contribution in [1.82, 2.24) is 0 Å². The van der Waals surface area contributed by atoms with Gasteiger partial charge in [0.2, 0.25) is 5.91 Å². The van der Waals surface area contributed by atoms with E-state index in [1.165, 1.54) is 6.07 Å². The van der Waals surface area contributed by atoms with Gasteiger partial charge in [-0.1, -0.05) is 60.8 Å². The number of hydrogen-bond acceptors (Lipinski definition) is 6. The topological polar surface area (TPSA) is 68.3 Å². The minimum Gasteiger partial charge on any atom is -0.493 e. The molecule has 37 heavy (non-hydrogen) atoms. The summed E-state index contributed by atoms with van der Waals surface area (Å²) in [5.41, 5.74) is 1.84. The molecule has 3 atom stereocenters. The summed E-state index contributed by atoms with van der Waals surface area (Å²) in [6.45, 7) is 2.67. The van der Waals surface area contributed by atoms with Crippen LogP contribution in [0.3, 0.4) is 0 Å². The number of rotatable bonds is 8. The van der Waals surface area contributed by atoms with E-state index in [9.17, 15) is 9.59 Å². The fourth-order valence-corrected chi connectivity index (χ4v) is 5.04. The number of imide groups is 1. The number of benzene rings is 3. The first kappa shape index (κ1) is 25.4. The predicted octanol–water partition coefficient (Wildman–Crippen LogP) is 6.23. The van der Waals surface area contributed by atoms with Crippen molar-refractivity contribution in [2.24, 2.45) is 5.92 Å². The summed E-state index contributed by atoms with van der Waals surface area (Å²) in [5, 5.41) is 2.23. The van der Waals surface area contributed by atoms with Gasteiger partial charge in [-0.3, -0.25) is 14.4 Å². The van der Waals surface area contributed by atoms with Crippen LogP contribution in [0.15, 0.2) is 66.7 Å². The first-order valence-corrected chi connectivity index (χ1v) is 12.8. The minimum absolute atomic E-state index is 0.253. The van der Waals surface area contributed by atoms with Gasteiger partial charge < -0.3 is 9.47 Å². The lowest BCUT2D eigenvalue weighted by Gasteiger charge is -2.29. The lowest BCUT2D eigenvalue weighted by Crippen LogP contribution is -2.37. The smallest absolute Gasteiger partial charge is 0.266 e. The Labute approximate surface area is 225 Å². The standard InChI is InChI=1S/C28H26Cl2N2O5/c1-3-4-14-36-22-13-10-17(15-23(22)35-2)25-24-26(37-32(25)18-8-6-5-7-9-18)28(34)31(27(24)33)19-11-12-20(29)21(30)16-19/h5-13,15-16,24-26H,3-4,14H2,1-2H3/t24-,25+,26+/m0/s1. The molecule has 7 nitrogen and oxygen atoms in total. The number of fused-ring (bicyclic) bond motifs is 1.